The average molecular weight is 464 g/mol. The predicted octanol–water partition coefficient (Wildman–Crippen LogP) is 4.31. The number of benzene rings is 2. The molecule has 1 fully saturated rings. The number of aliphatic imine (C=N–C) groups is 1. The summed E-state index contributed by atoms with van der Waals surface area (Å²) >= 11 is 0. The van der Waals surface area contributed by atoms with E-state index in [1.165, 1.54) is 5.56 Å². The number of ether oxygens (including phenoxy) is 2. The monoisotopic (exact) mass is 463 g/mol. The standard InChI is InChI=1S/C28H25N5O2/c1-2-4-20(5-3-1)19-35-26-9-11-30-28(32-26)22-6-7-23-18-31-27(24(23)16-22)21-8-10-29-25(17-21)33-12-14-34-15-13-33/h1-11,16-17H,12-15,18-19H2. The van der Waals surface area contributed by atoms with E-state index in [-0.39, 0.29) is 0 Å². The van der Waals surface area contributed by atoms with Gasteiger partial charge in [-0.15, -0.1) is 0 Å². The lowest BCUT2D eigenvalue weighted by Gasteiger charge is -2.28. The number of anilines is 1. The summed E-state index contributed by atoms with van der Waals surface area (Å²) < 4.78 is 11.4. The molecule has 2 aliphatic heterocycles. The molecule has 7 heteroatoms. The Bertz CT molecular complexity index is 1370. The molecule has 4 aromatic rings. The van der Waals surface area contributed by atoms with Crippen LogP contribution in [0, 0.1) is 0 Å². The van der Waals surface area contributed by atoms with Crippen molar-refractivity contribution < 1.29 is 9.47 Å². The number of pyridine rings is 1. The first-order valence-electron chi connectivity index (χ1n) is 11.8. The minimum atomic E-state index is 0.464. The van der Waals surface area contributed by atoms with E-state index in [2.05, 4.69) is 44.1 Å². The highest BCUT2D eigenvalue weighted by Crippen LogP contribution is 2.29. The molecular weight excluding hydrogens is 438 g/mol. The molecule has 0 aliphatic carbocycles. The molecular formula is C28H25N5O2. The third-order valence-corrected chi connectivity index (χ3v) is 6.24. The molecule has 6 rings (SSSR count). The van der Waals surface area contributed by atoms with Gasteiger partial charge in [-0.2, -0.15) is 4.98 Å². The third kappa shape index (κ3) is 4.63. The first-order valence-corrected chi connectivity index (χ1v) is 11.8. The lowest BCUT2D eigenvalue weighted by molar-refractivity contribution is 0.122. The Labute approximate surface area is 204 Å². The van der Waals surface area contributed by atoms with Gasteiger partial charge in [-0.25, -0.2) is 9.97 Å². The van der Waals surface area contributed by atoms with Crippen LogP contribution in [0.1, 0.15) is 22.3 Å². The molecule has 2 aliphatic rings. The minimum absolute atomic E-state index is 0.464. The van der Waals surface area contributed by atoms with Crippen molar-refractivity contribution in [2.24, 2.45) is 4.99 Å². The van der Waals surface area contributed by atoms with Crippen molar-refractivity contribution in [3.8, 4) is 17.3 Å². The molecule has 0 spiro atoms. The van der Waals surface area contributed by atoms with E-state index in [0.717, 1.165) is 60.1 Å². The molecule has 1 saturated heterocycles. The molecule has 2 aromatic heterocycles. The average Bonchev–Trinajstić information content (AvgIpc) is 3.37. The molecule has 0 amide bonds. The Morgan fingerprint density at radius 1 is 0.857 bits per heavy atom. The van der Waals surface area contributed by atoms with Gasteiger partial charge in [0.05, 0.1) is 25.5 Å². The Morgan fingerprint density at radius 3 is 2.60 bits per heavy atom. The lowest BCUT2D eigenvalue weighted by Crippen LogP contribution is -2.36. The van der Waals surface area contributed by atoms with Gasteiger partial charge < -0.3 is 14.4 Å². The number of nitrogens with zero attached hydrogens (tertiary/aromatic N) is 5. The van der Waals surface area contributed by atoms with E-state index in [4.69, 9.17) is 14.5 Å². The van der Waals surface area contributed by atoms with Gasteiger partial charge >= 0.3 is 0 Å². The van der Waals surface area contributed by atoms with Crippen LogP contribution in [0.15, 0.2) is 84.1 Å². The van der Waals surface area contributed by atoms with Gasteiger partial charge in [0.25, 0.3) is 0 Å². The minimum Gasteiger partial charge on any atom is -0.473 e. The fourth-order valence-corrected chi connectivity index (χ4v) is 4.39. The van der Waals surface area contributed by atoms with Crippen LogP contribution in [0.2, 0.25) is 0 Å². The van der Waals surface area contributed by atoms with E-state index in [1.54, 1.807) is 12.3 Å². The maximum absolute atomic E-state index is 5.91. The molecule has 0 bridgehead atoms. The Hall–Kier alpha value is -4.10. The molecule has 4 heterocycles. The van der Waals surface area contributed by atoms with Gasteiger partial charge in [-0.3, -0.25) is 4.99 Å². The zero-order valence-corrected chi connectivity index (χ0v) is 19.3. The summed E-state index contributed by atoms with van der Waals surface area (Å²) in [5, 5.41) is 0. The maximum Gasteiger partial charge on any atom is 0.217 e. The molecule has 2 aromatic carbocycles. The van der Waals surface area contributed by atoms with Crippen molar-refractivity contribution in [1.82, 2.24) is 15.0 Å². The maximum atomic E-state index is 5.91. The second-order valence-electron chi connectivity index (χ2n) is 8.53. The number of hydrogen-bond donors (Lipinski definition) is 0. The van der Waals surface area contributed by atoms with Gasteiger partial charge in [0.2, 0.25) is 5.88 Å². The van der Waals surface area contributed by atoms with Crippen molar-refractivity contribution in [3.05, 3.63) is 101 Å². The Morgan fingerprint density at radius 2 is 1.71 bits per heavy atom. The van der Waals surface area contributed by atoms with Crippen molar-refractivity contribution >= 4 is 11.5 Å². The van der Waals surface area contributed by atoms with Crippen LogP contribution in [-0.2, 0) is 17.9 Å². The van der Waals surface area contributed by atoms with Crippen molar-refractivity contribution in [1.29, 1.82) is 0 Å². The number of morpholine rings is 1. The zero-order valence-electron chi connectivity index (χ0n) is 19.3. The molecule has 7 nitrogen and oxygen atoms in total. The van der Waals surface area contributed by atoms with E-state index in [0.29, 0.717) is 24.9 Å². The topological polar surface area (TPSA) is 72.7 Å². The van der Waals surface area contributed by atoms with Crippen molar-refractivity contribution in [3.63, 3.8) is 0 Å². The van der Waals surface area contributed by atoms with Crippen molar-refractivity contribution in [2.45, 2.75) is 13.2 Å². The number of hydrogen-bond acceptors (Lipinski definition) is 7. The van der Waals surface area contributed by atoms with E-state index < -0.39 is 0 Å². The molecule has 0 saturated carbocycles. The van der Waals surface area contributed by atoms with Gasteiger partial charge in [0.15, 0.2) is 5.82 Å². The molecule has 174 valence electrons. The molecule has 0 radical (unpaired) electrons. The quantitative estimate of drug-likeness (QED) is 0.424. The van der Waals surface area contributed by atoms with Crippen LogP contribution >= 0.6 is 0 Å². The lowest BCUT2D eigenvalue weighted by atomic mass is 9.98. The summed E-state index contributed by atoms with van der Waals surface area (Å²) in [7, 11) is 0. The summed E-state index contributed by atoms with van der Waals surface area (Å²) in [6.07, 6.45) is 3.60. The van der Waals surface area contributed by atoms with Gasteiger partial charge in [-0.05, 0) is 29.3 Å². The van der Waals surface area contributed by atoms with Crippen LogP contribution in [0.25, 0.3) is 11.4 Å². The number of aromatic nitrogens is 3. The molecule has 35 heavy (non-hydrogen) atoms. The fourth-order valence-electron chi connectivity index (χ4n) is 4.39. The summed E-state index contributed by atoms with van der Waals surface area (Å²) in [5.41, 5.74) is 6.39. The predicted molar refractivity (Wildman–Crippen MR) is 135 cm³/mol. The van der Waals surface area contributed by atoms with E-state index >= 15 is 0 Å². The second kappa shape index (κ2) is 9.64. The Balaban J connectivity index is 1.25. The van der Waals surface area contributed by atoms with Gasteiger partial charge in [0, 0.05) is 48.2 Å². The first-order chi connectivity index (χ1) is 17.3. The largest absolute Gasteiger partial charge is 0.473 e. The van der Waals surface area contributed by atoms with Crippen molar-refractivity contribution in [2.75, 3.05) is 31.2 Å². The van der Waals surface area contributed by atoms with Gasteiger partial charge in [0.1, 0.15) is 12.4 Å². The first kappa shape index (κ1) is 21.4. The highest BCUT2D eigenvalue weighted by Gasteiger charge is 2.21. The second-order valence-corrected chi connectivity index (χ2v) is 8.53. The highest BCUT2D eigenvalue weighted by molar-refractivity contribution is 6.15. The van der Waals surface area contributed by atoms with Crippen LogP contribution < -0.4 is 9.64 Å². The number of rotatable bonds is 6. The molecule has 0 unspecified atom stereocenters. The fraction of sp³-hybridized carbons (Fsp3) is 0.214. The van der Waals surface area contributed by atoms with E-state index in [9.17, 15) is 0 Å². The highest BCUT2D eigenvalue weighted by atomic mass is 16.5. The summed E-state index contributed by atoms with van der Waals surface area (Å²) in [6.45, 7) is 4.29. The smallest absolute Gasteiger partial charge is 0.217 e. The normalized spacial score (nSPS) is 15.0. The third-order valence-electron chi connectivity index (χ3n) is 6.24. The SMILES string of the molecule is c1ccc(COc2ccnc(-c3ccc4c(c3)C(c3ccnc(N5CCOCC5)c3)=NC4)n2)cc1. The van der Waals surface area contributed by atoms with E-state index in [1.807, 2.05) is 42.6 Å². The molecule has 0 N–H and O–H groups in total. The van der Waals surface area contributed by atoms with Gasteiger partial charge in [-0.1, -0.05) is 42.5 Å². The summed E-state index contributed by atoms with van der Waals surface area (Å²) in [5.74, 6) is 2.15. The van der Waals surface area contributed by atoms with Crippen LogP contribution in [-0.4, -0.2) is 47.0 Å². The number of fused-ring (bicyclic) bond motifs is 1. The summed E-state index contributed by atoms with van der Waals surface area (Å²) in [6, 6.07) is 22.3. The van der Waals surface area contributed by atoms with Crippen LogP contribution in [0.4, 0.5) is 5.82 Å². The van der Waals surface area contributed by atoms with Crippen LogP contribution in [0.3, 0.4) is 0 Å². The molecule has 0 atom stereocenters. The van der Waals surface area contributed by atoms with Crippen LogP contribution in [0.5, 0.6) is 5.88 Å². The zero-order chi connectivity index (χ0) is 23.5. The Kier molecular flexibility index (Phi) is 5.90. The summed E-state index contributed by atoms with van der Waals surface area (Å²) in [4.78, 5) is 20.9.